The van der Waals surface area contributed by atoms with Crippen LogP contribution in [0.4, 0.5) is 0 Å². The van der Waals surface area contributed by atoms with Crippen molar-refractivity contribution in [2.75, 3.05) is 32.8 Å². The van der Waals surface area contributed by atoms with Crippen LogP contribution in [-0.2, 0) is 16.0 Å². The van der Waals surface area contributed by atoms with Crippen molar-refractivity contribution >= 4 is 17.8 Å². The van der Waals surface area contributed by atoms with E-state index in [1.54, 1.807) is 17.0 Å². The molecule has 0 unspecified atom stereocenters. The van der Waals surface area contributed by atoms with Crippen molar-refractivity contribution in [1.82, 2.24) is 9.80 Å². The highest BCUT2D eigenvalue weighted by atomic mass is 16.5. The Hall–Kier alpha value is -2.57. The molecule has 7 nitrogen and oxygen atoms in total. The molecule has 7 heteroatoms. The minimum atomic E-state index is -1.19. The molecule has 2 saturated heterocycles. The van der Waals surface area contributed by atoms with Gasteiger partial charge in [0.25, 0.3) is 5.91 Å². The number of rotatable bonds is 3. The van der Waals surface area contributed by atoms with Gasteiger partial charge >= 0.3 is 5.97 Å². The zero-order valence-corrected chi connectivity index (χ0v) is 14.7. The molecule has 3 aliphatic rings. The van der Waals surface area contributed by atoms with Crippen LogP contribution in [0.25, 0.3) is 0 Å². The number of carbonyl (C=O) groups excluding carboxylic acids is 2. The van der Waals surface area contributed by atoms with Crippen molar-refractivity contribution in [3.05, 3.63) is 29.3 Å². The second-order valence-corrected chi connectivity index (χ2v) is 7.33. The van der Waals surface area contributed by atoms with Gasteiger partial charge in [-0.15, -0.1) is 0 Å². The molecule has 1 aromatic carbocycles. The molecule has 0 saturated carbocycles. The smallest absolute Gasteiger partial charge is 0.314 e. The summed E-state index contributed by atoms with van der Waals surface area (Å²) in [6, 6.07) is 5.35. The first-order valence-electron chi connectivity index (χ1n) is 9.03. The number of hydrogen-bond donors (Lipinski definition) is 1. The number of ether oxygens (including phenoxy) is 1. The number of nitrogens with zero attached hydrogens (tertiary/aromatic N) is 2. The summed E-state index contributed by atoms with van der Waals surface area (Å²) in [4.78, 5) is 40.6. The summed E-state index contributed by atoms with van der Waals surface area (Å²) in [6.45, 7) is 3.42. The number of carboxylic acid groups (broad SMARTS) is 1. The fourth-order valence-electron chi connectivity index (χ4n) is 4.41. The van der Waals surface area contributed by atoms with Gasteiger partial charge in [0.05, 0.1) is 12.5 Å². The zero-order valence-electron chi connectivity index (χ0n) is 14.7. The third-order valence-electron chi connectivity index (χ3n) is 5.88. The highest BCUT2D eigenvalue weighted by Crippen LogP contribution is 2.44. The first-order valence-corrected chi connectivity index (χ1v) is 9.03. The van der Waals surface area contributed by atoms with Gasteiger partial charge in [-0.2, -0.15) is 0 Å². The third kappa shape index (κ3) is 2.37. The van der Waals surface area contributed by atoms with E-state index in [0.29, 0.717) is 18.7 Å². The molecule has 3 aliphatic heterocycles. The number of likely N-dealkylation sites (tertiary alicyclic amines) is 2. The third-order valence-corrected chi connectivity index (χ3v) is 5.88. The first-order chi connectivity index (χ1) is 12.5. The normalized spacial score (nSPS) is 27.1. The standard InChI is InChI=1S/C19H22N2O5/c1-2-20-10-19(18(24)25)11-21(9-14(19)17(20)23)16(22)13-5-6-15-12(8-13)4-3-7-26-15/h5-6,8,14H,2-4,7,9-11H2,1H3,(H,24,25)/t14-,19+/m0/s1. The average molecular weight is 358 g/mol. The average Bonchev–Trinajstić information content (AvgIpc) is 3.16. The lowest BCUT2D eigenvalue weighted by Gasteiger charge is -2.25. The van der Waals surface area contributed by atoms with Gasteiger partial charge in [-0.1, -0.05) is 0 Å². The topological polar surface area (TPSA) is 87.2 Å². The molecule has 0 aromatic heterocycles. The van der Waals surface area contributed by atoms with E-state index in [4.69, 9.17) is 4.74 Å². The van der Waals surface area contributed by atoms with Crippen molar-refractivity contribution in [3.8, 4) is 5.75 Å². The number of fused-ring (bicyclic) bond motifs is 2. The Morgan fingerprint density at radius 2 is 2.15 bits per heavy atom. The van der Waals surface area contributed by atoms with E-state index in [9.17, 15) is 19.5 Å². The lowest BCUT2D eigenvalue weighted by molar-refractivity contribution is -0.149. The van der Waals surface area contributed by atoms with Crippen molar-refractivity contribution in [2.24, 2.45) is 11.3 Å². The maximum atomic E-state index is 13.0. The molecule has 3 heterocycles. The summed E-state index contributed by atoms with van der Waals surface area (Å²) in [5, 5.41) is 9.80. The lowest BCUT2D eigenvalue weighted by atomic mass is 9.81. The van der Waals surface area contributed by atoms with Gasteiger partial charge in [0.15, 0.2) is 0 Å². The molecule has 138 valence electrons. The molecule has 1 N–H and O–H groups in total. The van der Waals surface area contributed by atoms with Crippen LogP contribution in [-0.4, -0.2) is 65.5 Å². The van der Waals surface area contributed by atoms with Gasteiger partial charge in [0.2, 0.25) is 5.91 Å². The molecule has 0 aliphatic carbocycles. The molecule has 0 radical (unpaired) electrons. The number of carbonyl (C=O) groups is 3. The Labute approximate surface area is 151 Å². The fourth-order valence-corrected chi connectivity index (χ4v) is 4.41. The van der Waals surface area contributed by atoms with Crippen molar-refractivity contribution in [3.63, 3.8) is 0 Å². The van der Waals surface area contributed by atoms with Crippen LogP contribution in [0.1, 0.15) is 29.3 Å². The zero-order chi connectivity index (χ0) is 18.5. The van der Waals surface area contributed by atoms with E-state index < -0.39 is 17.3 Å². The maximum Gasteiger partial charge on any atom is 0.314 e. The Balaban J connectivity index is 1.59. The Morgan fingerprint density at radius 1 is 1.35 bits per heavy atom. The Bertz CT molecular complexity index is 792. The quantitative estimate of drug-likeness (QED) is 0.872. The summed E-state index contributed by atoms with van der Waals surface area (Å²) >= 11 is 0. The summed E-state index contributed by atoms with van der Waals surface area (Å²) in [5.41, 5.74) is 0.331. The van der Waals surface area contributed by atoms with Crippen LogP contribution in [0.3, 0.4) is 0 Å². The van der Waals surface area contributed by atoms with Crippen molar-refractivity contribution in [1.29, 1.82) is 0 Å². The number of aliphatic carboxylic acids is 1. The van der Waals surface area contributed by atoms with Crippen LogP contribution in [0.5, 0.6) is 5.75 Å². The fraction of sp³-hybridized carbons (Fsp3) is 0.526. The van der Waals surface area contributed by atoms with Crippen LogP contribution < -0.4 is 4.74 Å². The molecule has 2 amide bonds. The number of benzene rings is 1. The Morgan fingerprint density at radius 3 is 2.85 bits per heavy atom. The van der Waals surface area contributed by atoms with Crippen molar-refractivity contribution in [2.45, 2.75) is 19.8 Å². The Kier molecular flexibility index (Phi) is 3.89. The van der Waals surface area contributed by atoms with E-state index in [0.717, 1.165) is 24.2 Å². The summed E-state index contributed by atoms with van der Waals surface area (Å²) < 4.78 is 5.58. The van der Waals surface area contributed by atoms with Gasteiger partial charge in [-0.05, 0) is 43.5 Å². The molecule has 0 spiro atoms. The van der Waals surface area contributed by atoms with Crippen LogP contribution in [0.2, 0.25) is 0 Å². The predicted octanol–water partition coefficient (Wildman–Crippen LogP) is 1.02. The van der Waals surface area contributed by atoms with Crippen molar-refractivity contribution < 1.29 is 24.2 Å². The molecule has 2 atom stereocenters. The highest BCUT2D eigenvalue weighted by Gasteiger charge is 2.62. The van der Waals surface area contributed by atoms with E-state index in [1.165, 1.54) is 4.90 Å². The largest absolute Gasteiger partial charge is 0.493 e. The molecule has 26 heavy (non-hydrogen) atoms. The number of hydrogen-bond acceptors (Lipinski definition) is 4. The SMILES string of the molecule is CCN1C[C@@]2(C(=O)O)CN(C(=O)c3ccc4c(c3)CCCO4)C[C@H]2C1=O. The molecular formula is C19H22N2O5. The second kappa shape index (κ2) is 6.00. The van der Waals surface area contributed by atoms with Gasteiger partial charge in [-0.25, -0.2) is 0 Å². The molecular weight excluding hydrogens is 336 g/mol. The van der Waals surface area contributed by atoms with E-state index >= 15 is 0 Å². The molecule has 4 rings (SSSR count). The highest BCUT2D eigenvalue weighted by molar-refractivity contribution is 5.98. The second-order valence-electron chi connectivity index (χ2n) is 7.33. The van der Waals surface area contributed by atoms with Gasteiger partial charge in [0, 0.05) is 31.7 Å². The maximum absolute atomic E-state index is 13.0. The summed E-state index contributed by atoms with van der Waals surface area (Å²) in [6.07, 6.45) is 1.78. The van der Waals surface area contributed by atoms with Gasteiger partial charge in [0.1, 0.15) is 11.2 Å². The minimum absolute atomic E-state index is 0.0711. The summed E-state index contributed by atoms with van der Waals surface area (Å²) in [7, 11) is 0. The van der Waals surface area contributed by atoms with Gasteiger partial charge in [-0.3, -0.25) is 14.4 Å². The minimum Gasteiger partial charge on any atom is -0.493 e. The predicted molar refractivity (Wildman–Crippen MR) is 92.0 cm³/mol. The van der Waals surface area contributed by atoms with E-state index in [-0.39, 0.29) is 31.4 Å². The number of amides is 2. The number of carboxylic acids is 1. The van der Waals surface area contributed by atoms with E-state index in [2.05, 4.69) is 0 Å². The molecule has 1 aromatic rings. The lowest BCUT2D eigenvalue weighted by Crippen LogP contribution is -2.42. The number of aryl methyl sites for hydroxylation is 1. The van der Waals surface area contributed by atoms with E-state index in [1.807, 2.05) is 13.0 Å². The monoisotopic (exact) mass is 358 g/mol. The van der Waals surface area contributed by atoms with Crippen LogP contribution in [0.15, 0.2) is 18.2 Å². The molecule has 0 bridgehead atoms. The van der Waals surface area contributed by atoms with Crippen LogP contribution in [0, 0.1) is 11.3 Å². The molecule has 2 fully saturated rings. The summed E-state index contributed by atoms with van der Waals surface area (Å²) in [5.74, 6) is -1.24. The first kappa shape index (κ1) is 16.9. The van der Waals surface area contributed by atoms with Crippen LogP contribution >= 0.6 is 0 Å². The van der Waals surface area contributed by atoms with Gasteiger partial charge < -0.3 is 19.6 Å².